The van der Waals surface area contributed by atoms with Crippen LogP contribution >= 0.6 is 0 Å². The van der Waals surface area contributed by atoms with Crippen molar-refractivity contribution in [3.05, 3.63) is 72.4 Å². The number of hydrogen-bond acceptors (Lipinski definition) is 3. The Labute approximate surface area is 193 Å². The van der Waals surface area contributed by atoms with E-state index in [0.29, 0.717) is 11.8 Å². The van der Waals surface area contributed by atoms with Crippen molar-refractivity contribution in [2.24, 2.45) is 11.8 Å². The Bertz CT molecular complexity index is 862. The minimum Gasteiger partial charge on any atom is -0.497 e. The van der Waals surface area contributed by atoms with Crippen molar-refractivity contribution in [2.45, 2.75) is 64.9 Å². The van der Waals surface area contributed by atoms with Crippen LogP contribution in [0.15, 0.2) is 66.9 Å². The van der Waals surface area contributed by atoms with Crippen molar-refractivity contribution < 1.29 is 14.3 Å². The van der Waals surface area contributed by atoms with Gasteiger partial charge in [0.2, 0.25) is 0 Å². The van der Waals surface area contributed by atoms with E-state index in [2.05, 4.69) is 36.4 Å². The Morgan fingerprint density at radius 1 is 1.03 bits per heavy atom. The first-order valence-corrected chi connectivity index (χ1v) is 11.7. The van der Waals surface area contributed by atoms with Gasteiger partial charge in [-0.1, -0.05) is 55.7 Å². The summed E-state index contributed by atoms with van der Waals surface area (Å²) in [6, 6.07) is 18.1. The number of amides is 1. The molecular weight excluding hydrogens is 398 g/mol. The van der Waals surface area contributed by atoms with E-state index in [1.807, 2.05) is 51.2 Å². The largest absolute Gasteiger partial charge is 0.497 e. The molecule has 0 heterocycles. The van der Waals surface area contributed by atoms with Crippen LogP contribution in [-0.2, 0) is 11.2 Å². The first-order chi connectivity index (χ1) is 15.4. The maximum Gasteiger partial charge on any atom is 0.418 e. The number of carbonyl (C=O) groups excluding carboxylic acids is 1. The van der Waals surface area contributed by atoms with Crippen LogP contribution < -0.4 is 9.64 Å². The molecule has 0 bridgehead atoms. The number of allylic oxidation sites excluding steroid dienone is 1. The van der Waals surface area contributed by atoms with E-state index in [0.717, 1.165) is 17.9 Å². The highest BCUT2D eigenvalue weighted by atomic mass is 16.6. The lowest BCUT2D eigenvalue weighted by molar-refractivity contribution is 0.0596. The highest BCUT2D eigenvalue weighted by Gasteiger charge is 2.25. The molecule has 172 valence electrons. The maximum absolute atomic E-state index is 13.1. The number of anilines is 1. The summed E-state index contributed by atoms with van der Waals surface area (Å²) in [5, 5.41) is 0. The molecule has 0 saturated heterocycles. The summed E-state index contributed by atoms with van der Waals surface area (Å²) in [4.78, 5) is 14.7. The van der Waals surface area contributed by atoms with Gasteiger partial charge in [-0.05, 0) is 81.7 Å². The second-order valence-electron chi connectivity index (χ2n) is 9.64. The monoisotopic (exact) mass is 435 g/mol. The second kappa shape index (κ2) is 11.2. The molecule has 4 heteroatoms. The summed E-state index contributed by atoms with van der Waals surface area (Å²) < 4.78 is 11.0. The van der Waals surface area contributed by atoms with Gasteiger partial charge in [-0.15, -0.1) is 0 Å². The summed E-state index contributed by atoms with van der Waals surface area (Å²) in [6.45, 7) is 5.67. The molecule has 0 radical (unpaired) electrons. The molecule has 0 aromatic heterocycles. The Hall–Kier alpha value is -2.75. The first-order valence-electron chi connectivity index (χ1n) is 11.7. The van der Waals surface area contributed by atoms with Crippen LogP contribution in [0.2, 0.25) is 0 Å². The minimum atomic E-state index is -0.567. The van der Waals surface area contributed by atoms with Gasteiger partial charge in [0.05, 0.1) is 12.8 Å². The highest BCUT2D eigenvalue weighted by Crippen LogP contribution is 2.33. The van der Waals surface area contributed by atoms with E-state index < -0.39 is 5.60 Å². The number of ether oxygens (including phenoxy) is 2. The van der Waals surface area contributed by atoms with Gasteiger partial charge in [-0.2, -0.15) is 0 Å². The van der Waals surface area contributed by atoms with Gasteiger partial charge in [0, 0.05) is 6.20 Å². The molecule has 1 fully saturated rings. The predicted molar refractivity (Wildman–Crippen MR) is 131 cm³/mol. The zero-order valence-corrected chi connectivity index (χ0v) is 19.9. The van der Waals surface area contributed by atoms with Crippen LogP contribution in [-0.4, -0.2) is 18.8 Å². The lowest BCUT2D eigenvalue weighted by Gasteiger charge is -2.30. The third-order valence-corrected chi connectivity index (χ3v) is 5.99. The Balaban J connectivity index is 1.88. The molecule has 1 aliphatic carbocycles. The number of hydrogen-bond donors (Lipinski definition) is 0. The van der Waals surface area contributed by atoms with E-state index in [9.17, 15) is 4.79 Å². The van der Waals surface area contributed by atoms with Crippen LogP contribution in [0.1, 0.15) is 58.4 Å². The average Bonchev–Trinajstić information content (AvgIpc) is 2.79. The smallest absolute Gasteiger partial charge is 0.418 e. The van der Waals surface area contributed by atoms with Gasteiger partial charge in [0.1, 0.15) is 11.4 Å². The molecule has 2 aromatic carbocycles. The lowest BCUT2D eigenvalue weighted by atomic mass is 9.77. The average molecular weight is 436 g/mol. The van der Waals surface area contributed by atoms with Crippen LogP contribution in [0.25, 0.3) is 0 Å². The van der Waals surface area contributed by atoms with Crippen LogP contribution in [0.5, 0.6) is 5.75 Å². The fourth-order valence-corrected chi connectivity index (χ4v) is 4.34. The van der Waals surface area contributed by atoms with Crippen LogP contribution in [0.4, 0.5) is 10.5 Å². The SMILES string of the molecule is COc1ccc(N(/C=C\[C@H](Cc2ccccc2)C2CCCCC2)C(=O)OC(C)(C)C)cc1. The number of benzene rings is 2. The van der Waals surface area contributed by atoms with Gasteiger partial charge in [-0.25, -0.2) is 4.79 Å². The van der Waals surface area contributed by atoms with E-state index >= 15 is 0 Å². The molecule has 1 atom stereocenters. The highest BCUT2D eigenvalue weighted by molar-refractivity contribution is 5.90. The summed E-state index contributed by atoms with van der Waals surface area (Å²) in [7, 11) is 1.64. The fraction of sp³-hybridized carbons (Fsp3) is 0.464. The van der Waals surface area contributed by atoms with Crippen molar-refractivity contribution in [3.63, 3.8) is 0 Å². The van der Waals surface area contributed by atoms with Gasteiger partial charge < -0.3 is 9.47 Å². The molecule has 1 amide bonds. The van der Waals surface area contributed by atoms with Crippen LogP contribution in [0.3, 0.4) is 0 Å². The molecule has 0 aliphatic heterocycles. The van der Waals surface area contributed by atoms with Crippen molar-refractivity contribution in [1.82, 2.24) is 0 Å². The topological polar surface area (TPSA) is 38.8 Å². The summed E-state index contributed by atoms with van der Waals surface area (Å²) in [5.41, 5.74) is 1.53. The lowest BCUT2D eigenvalue weighted by Crippen LogP contribution is -2.33. The third-order valence-electron chi connectivity index (χ3n) is 5.99. The number of rotatable bonds is 7. The van der Waals surface area contributed by atoms with E-state index in [4.69, 9.17) is 9.47 Å². The molecule has 4 nitrogen and oxygen atoms in total. The summed E-state index contributed by atoms with van der Waals surface area (Å²) >= 11 is 0. The molecule has 1 aliphatic rings. The molecule has 0 unspecified atom stereocenters. The first kappa shape index (κ1) is 23.9. The normalized spacial score (nSPS) is 16.0. The molecule has 0 N–H and O–H groups in total. The maximum atomic E-state index is 13.1. The molecule has 1 saturated carbocycles. The summed E-state index contributed by atoms with van der Waals surface area (Å²) in [6.07, 6.45) is 11.1. The summed E-state index contributed by atoms with van der Waals surface area (Å²) in [5.74, 6) is 1.77. The second-order valence-corrected chi connectivity index (χ2v) is 9.64. The Morgan fingerprint density at radius 3 is 2.28 bits per heavy atom. The van der Waals surface area contributed by atoms with Gasteiger partial charge in [0.25, 0.3) is 0 Å². The Morgan fingerprint density at radius 2 is 1.69 bits per heavy atom. The number of carbonyl (C=O) groups is 1. The molecular formula is C28H37NO3. The third kappa shape index (κ3) is 7.15. The van der Waals surface area contributed by atoms with Gasteiger partial charge >= 0.3 is 6.09 Å². The standard InChI is InChI=1S/C28H37NO3/c1-28(2,3)32-27(30)29(25-15-17-26(31-4)18-16-25)20-19-24(23-13-9-6-10-14-23)21-22-11-7-5-8-12-22/h5,7-8,11-12,15-20,23-24H,6,9-10,13-14,21H2,1-4H3/b20-19-/t24-/m1/s1. The van der Waals surface area contributed by atoms with E-state index in [-0.39, 0.29) is 6.09 Å². The van der Waals surface area contributed by atoms with Gasteiger partial charge in [0.15, 0.2) is 0 Å². The zero-order chi connectivity index (χ0) is 23.0. The van der Waals surface area contributed by atoms with E-state index in [1.54, 1.807) is 12.0 Å². The fourth-order valence-electron chi connectivity index (χ4n) is 4.34. The number of nitrogens with zero attached hydrogens (tertiary/aromatic N) is 1. The molecule has 0 spiro atoms. The zero-order valence-electron chi connectivity index (χ0n) is 19.9. The Kier molecular flexibility index (Phi) is 8.38. The molecule has 3 rings (SSSR count). The predicted octanol–water partition coefficient (Wildman–Crippen LogP) is 7.39. The van der Waals surface area contributed by atoms with Crippen LogP contribution in [0, 0.1) is 11.8 Å². The van der Waals surface area contributed by atoms with Crippen molar-refractivity contribution >= 4 is 11.8 Å². The van der Waals surface area contributed by atoms with Gasteiger partial charge in [-0.3, -0.25) is 4.90 Å². The molecule has 2 aromatic rings. The number of methoxy groups -OCH3 is 1. The quantitative estimate of drug-likeness (QED) is 0.455. The molecule has 32 heavy (non-hydrogen) atoms. The van der Waals surface area contributed by atoms with Crippen molar-refractivity contribution in [2.75, 3.05) is 12.0 Å². The van der Waals surface area contributed by atoms with E-state index in [1.165, 1.54) is 37.7 Å². The van der Waals surface area contributed by atoms with Crippen molar-refractivity contribution in [3.8, 4) is 5.75 Å². The van der Waals surface area contributed by atoms with Crippen molar-refractivity contribution in [1.29, 1.82) is 0 Å². The minimum absolute atomic E-state index is 0.374.